The van der Waals surface area contributed by atoms with Gasteiger partial charge in [0.15, 0.2) is 5.82 Å². The largest absolute Gasteiger partial charge is 0.360 e. The molecule has 0 bridgehead atoms. The van der Waals surface area contributed by atoms with Crippen molar-refractivity contribution in [2.45, 2.75) is 45.1 Å². The fourth-order valence-corrected chi connectivity index (χ4v) is 3.27. The Labute approximate surface area is 124 Å². The number of hydrogen-bond acceptors (Lipinski definition) is 5. The fraction of sp³-hybridized carbons (Fsp3) is 0.692. The van der Waals surface area contributed by atoms with Crippen LogP contribution in [0.15, 0.2) is 10.6 Å². The Morgan fingerprint density at radius 3 is 2.62 bits per heavy atom. The molecule has 1 aromatic rings. The molecule has 1 heterocycles. The summed E-state index contributed by atoms with van der Waals surface area (Å²) in [6.07, 6.45) is 6.35. The van der Waals surface area contributed by atoms with E-state index in [1.54, 1.807) is 6.92 Å². The molecule has 1 aliphatic rings. The van der Waals surface area contributed by atoms with E-state index in [0.717, 1.165) is 36.2 Å². The lowest BCUT2D eigenvalue weighted by Gasteiger charge is -2.24. The molecule has 0 aliphatic heterocycles. The second-order valence-corrected chi connectivity index (χ2v) is 7.37. The van der Waals surface area contributed by atoms with Gasteiger partial charge < -0.3 is 9.84 Å². The van der Waals surface area contributed by atoms with Gasteiger partial charge in [-0.15, -0.1) is 0 Å². The summed E-state index contributed by atoms with van der Waals surface area (Å²) in [5.74, 6) is 0.313. The van der Waals surface area contributed by atoms with Gasteiger partial charge in [-0.25, -0.2) is 12.7 Å². The summed E-state index contributed by atoms with van der Waals surface area (Å²) in [6.45, 7) is 1.39. The van der Waals surface area contributed by atoms with Crippen LogP contribution in [0.3, 0.4) is 0 Å². The highest BCUT2D eigenvalue weighted by molar-refractivity contribution is 7.92. The van der Waals surface area contributed by atoms with Crippen LogP contribution >= 0.6 is 0 Å². The van der Waals surface area contributed by atoms with Crippen molar-refractivity contribution in [1.29, 1.82) is 0 Å². The molecule has 0 saturated heterocycles. The molecule has 1 aromatic heterocycles. The zero-order valence-electron chi connectivity index (χ0n) is 12.3. The topological polar surface area (TPSA) is 92.5 Å². The molecular weight excluding hydrogens is 294 g/mol. The van der Waals surface area contributed by atoms with E-state index < -0.39 is 10.0 Å². The minimum absolute atomic E-state index is 0.133. The van der Waals surface area contributed by atoms with Crippen molar-refractivity contribution in [3.05, 3.63) is 11.8 Å². The van der Waals surface area contributed by atoms with E-state index in [1.807, 2.05) is 0 Å². The lowest BCUT2D eigenvalue weighted by molar-refractivity contribution is -0.120. The van der Waals surface area contributed by atoms with Gasteiger partial charge in [-0.05, 0) is 19.8 Å². The average Bonchev–Trinajstić information content (AvgIpc) is 2.82. The van der Waals surface area contributed by atoms with Gasteiger partial charge >= 0.3 is 0 Å². The van der Waals surface area contributed by atoms with Crippen LogP contribution in [0.2, 0.25) is 0 Å². The SMILES string of the molecule is Cc1cc(N(CC(=O)NC2CCCCC2)S(C)(=O)=O)no1. The van der Waals surface area contributed by atoms with Crippen molar-refractivity contribution in [1.82, 2.24) is 10.5 Å². The summed E-state index contributed by atoms with van der Waals surface area (Å²) >= 11 is 0. The summed E-state index contributed by atoms with van der Waals surface area (Å²) in [7, 11) is -3.59. The highest BCUT2D eigenvalue weighted by atomic mass is 32.2. The van der Waals surface area contributed by atoms with Crippen LogP contribution in [-0.2, 0) is 14.8 Å². The molecule has 21 heavy (non-hydrogen) atoms. The van der Waals surface area contributed by atoms with Crippen LogP contribution in [0.4, 0.5) is 5.82 Å². The summed E-state index contributed by atoms with van der Waals surface area (Å²) in [5, 5.41) is 6.57. The monoisotopic (exact) mass is 315 g/mol. The summed E-state index contributed by atoms with van der Waals surface area (Å²) in [5.41, 5.74) is 0. The smallest absolute Gasteiger partial charge is 0.241 e. The van der Waals surface area contributed by atoms with Crippen molar-refractivity contribution in [2.24, 2.45) is 0 Å². The molecule has 0 unspecified atom stereocenters. The molecule has 0 aromatic carbocycles. The van der Waals surface area contributed by atoms with Gasteiger partial charge in [-0.1, -0.05) is 24.4 Å². The number of aryl methyl sites for hydroxylation is 1. The van der Waals surface area contributed by atoms with E-state index in [4.69, 9.17) is 4.52 Å². The van der Waals surface area contributed by atoms with E-state index >= 15 is 0 Å². The van der Waals surface area contributed by atoms with Gasteiger partial charge in [0.25, 0.3) is 0 Å². The number of sulfonamides is 1. The minimum Gasteiger partial charge on any atom is -0.360 e. The molecule has 8 heteroatoms. The van der Waals surface area contributed by atoms with E-state index in [2.05, 4.69) is 10.5 Å². The zero-order valence-corrected chi connectivity index (χ0v) is 13.1. The van der Waals surface area contributed by atoms with Crippen LogP contribution in [0.5, 0.6) is 0 Å². The third-order valence-corrected chi connectivity index (χ3v) is 4.65. The number of carbonyl (C=O) groups is 1. The van der Waals surface area contributed by atoms with Gasteiger partial charge in [0.2, 0.25) is 15.9 Å². The number of nitrogens with zero attached hydrogens (tertiary/aromatic N) is 2. The number of aromatic nitrogens is 1. The maximum Gasteiger partial charge on any atom is 0.241 e. The van der Waals surface area contributed by atoms with Crippen molar-refractivity contribution >= 4 is 21.7 Å². The Hall–Kier alpha value is -1.57. The first-order chi connectivity index (χ1) is 9.86. The van der Waals surface area contributed by atoms with E-state index in [1.165, 1.54) is 12.5 Å². The number of rotatable bonds is 5. The molecule has 2 rings (SSSR count). The van der Waals surface area contributed by atoms with Gasteiger partial charge in [-0.3, -0.25) is 4.79 Å². The lowest BCUT2D eigenvalue weighted by atomic mass is 9.95. The number of hydrogen-bond donors (Lipinski definition) is 1. The Bertz CT molecular complexity index is 590. The number of carbonyl (C=O) groups excluding carboxylic acids is 1. The van der Waals surface area contributed by atoms with Gasteiger partial charge in [0.1, 0.15) is 12.3 Å². The zero-order chi connectivity index (χ0) is 15.5. The Balaban J connectivity index is 2.03. The van der Waals surface area contributed by atoms with Crippen LogP contribution in [0.1, 0.15) is 37.9 Å². The number of nitrogens with one attached hydrogen (secondary N) is 1. The number of anilines is 1. The van der Waals surface area contributed by atoms with Crippen molar-refractivity contribution in [2.75, 3.05) is 17.1 Å². The van der Waals surface area contributed by atoms with Crippen LogP contribution in [0, 0.1) is 6.92 Å². The molecule has 1 fully saturated rings. The molecular formula is C13H21N3O4S. The third kappa shape index (κ3) is 4.45. The first kappa shape index (κ1) is 15.8. The maximum absolute atomic E-state index is 12.1. The lowest BCUT2D eigenvalue weighted by Crippen LogP contribution is -2.44. The molecule has 1 aliphatic carbocycles. The first-order valence-corrected chi connectivity index (χ1v) is 8.91. The minimum atomic E-state index is -3.59. The second kappa shape index (κ2) is 6.46. The Morgan fingerprint density at radius 1 is 1.43 bits per heavy atom. The Morgan fingerprint density at radius 2 is 2.10 bits per heavy atom. The Kier molecular flexibility index (Phi) is 4.87. The molecule has 0 atom stereocenters. The maximum atomic E-state index is 12.1. The predicted molar refractivity (Wildman–Crippen MR) is 78.4 cm³/mol. The summed E-state index contributed by atoms with van der Waals surface area (Å²) < 4.78 is 29.5. The predicted octanol–water partition coefficient (Wildman–Crippen LogP) is 1.20. The third-order valence-electron chi connectivity index (χ3n) is 3.53. The standard InChI is InChI=1S/C13H21N3O4S/c1-10-8-12(15-20-10)16(21(2,18)19)9-13(17)14-11-6-4-3-5-7-11/h8,11H,3-7,9H2,1-2H3,(H,14,17). The van der Waals surface area contributed by atoms with Crippen molar-refractivity contribution < 1.29 is 17.7 Å². The molecule has 118 valence electrons. The average molecular weight is 315 g/mol. The van der Waals surface area contributed by atoms with Crippen LogP contribution in [-0.4, -0.2) is 38.3 Å². The van der Waals surface area contributed by atoms with Crippen LogP contribution in [0.25, 0.3) is 0 Å². The molecule has 1 saturated carbocycles. The van der Waals surface area contributed by atoms with Crippen molar-refractivity contribution in [3.8, 4) is 0 Å². The quantitative estimate of drug-likeness (QED) is 0.881. The number of amides is 1. The van der Waals surface area contributed by atoms with E-state index in [9.17, 15) is 13.2 Å². The van der Waals surface area contributed by atoms with Crippen LogP contribution < -0.4 is 9.62 Å². The van der Waals surface area contributed by atoms with Gasteiger partial charge in [-0.2, -0.15) is 0 Å². The summed E-state index contributed by atoms with van der Waals surface area (Å²) in [6, 6.07) is 1.64. The van der Waals surface area contributed by atoms with Gasteiger partial charge in [0.05, 0.1) is 6.26 Å². The van der Waals surface area contributed by atoms with Crippen molar-refractivity contribution in [3.63, 3.8) is 0 Å². The molecule has 1 N–H and O–H groups in total. The van der Waals surface area contributed by atoms with E-state index in [0.29, 0.717) is 5.76 Å². The second-order valence-electron chi connectivity index (χ2n) is 5.47. The highest BCUT2D eigenvalue weighted by Crippen LogP contribution is 2.19. The molecule has 1 amide bonds. The fourth-order valence-electron chi connectivity index (χ4n) is 2.49. The van der Waals surface area contributed by atoms with Gasteiger partial charge in [0, 0.05) is 12.1 Å². The first-order valence-electron chi connectivity index (χ1n) is 7.06. The normalized spacial score (nSPS) is 16.7. The van der Waals surface area contributed by atoms with E-state index in [-0.39, 0.29) is 24.3 Å². The molecule has 0 radical (unpaired) electrons. The molecule has 7 nitrogen and oxygen atoms in total. The molecule has 0 spiro atoms. The summed E-state index contributed by atoms with van der Waals surface area (Å²) in [4.78, 5) is 12.1. The highest BCUT2D eigenvalue weighted by Gasteiger charge is 2.25.